The topological polar surface area (TPSA) is 59.0 Å². The minimum atomic E-state index is 0.167. The molecule has 5 heteroatoms. The zero-order valence-electron chi connectivity index (χ0n) is 14.3. The summed E-state index contributed by atoms with van der Waals surface area (Å²) in [6, 6.07) is 1.49. The van der Waals surface area contributed by atoms with Crippen LogP contribution in [-0.4, -0.2) is 33.6 Å². The second-order valence-electron chi connectivity index (χ2n) is 7.00. The van der Waals surface area contributed by atoms with E-state index >= 15 is 0 Å². The fourth-order valence-electron chi connectivity index (χ4n) is 3.80. The number of hydrogen-bond donors (Lipinski definition) is 2. The second kappa shape index (κ2) is 7.95. The molecule has 2 fully saturated rings. The first kappa shape index (κ1) is 16.5. The minimum Gasteiger partial charge on any atom is -0.352 e. The monoisotopic (exact) mass is 318 g/mol. The number of aromatic nitrogens is 2. The molecule has 0 spiro atoms. The molecule has 1 heterocycles. The Morgan fingerprint density at radius 3 is 2.70 bits per heavy atom. The van der Waals surface area contributed by atoms with Crippen LogP contribution in [0.2, 0.25) is 0 Å². The van der Waals surface area contributed by atoms with Crippen molar-refractivity contribution in [2.45, 2.75) is 89.4 Å². The largest absolute Gasteiger partial charge is 0.352 e. The zero-order valence-corrected chi connectivity index (χ0v) is 14.3. The van der Waals surface area contributed by atoms with Gasteiger partial charge in [0, 0.05) is 49.9 Å². The third-order valence-corrected chi connectivity index (χ3v) is 5.37. The van der Waals surface area contributed by atoms with Crippen LogP contribution in [0, 0.1) is 0 Å². The Hall–Kier alpha value is -1.36. The summed E-state index contributed by atoms with van der Waals surface area (Å²) in [6.07, 6.45) is 14.2. The summed E-state index contributed by atoms with van der Waals surface area (Å²) in [5.41, 5.74) is 0. The summed E-state index contributed by atoms with van der Waals surface area (Å²) >= 11 is 0. The van der Waals surface area contributed by atoms with Crippen molar-refractivity contribution in [2.75, 3.05) is 0 Å². The highest BCUT2D eigenvalue weighted by atomic mass is 16.1. The van der Waals surface area contributed by atoms with Crippen molar-refractivity contribution in [3.63, 3.8) is 0 Å². The van der Waals surface area contributed by atoms with Gasteiger partial charge >= 0.3 is 0 Å². The first-order valence-corrected chi connectivity index (χ1v) is 9.31. The highest BCUT2D eigenvalue weighted by molar-refractivity contribution is 5.76. The van der Waals surface area contributed by atoms with E-state index in [4.69, 9.17) is 0 Å². The van der Waals surface area contributed by atoms with Crippen molar-refractivity contribution in [3.8, 4) is 0 Å². The van der Waals surface area contributed by atoms with Crippen LogP contribution >= 0.6 is 0 Å². The van der Waals surface area contributed by atoms with Crippen LogP contribution in [-0.2, 0) is 17.8 Å². The maximum Gasteiger partial charge on any atom is 0.222 e. The van der Waals surface area contributed by atoms with Crippen LogP contribution in [0.1, 0.15) is 64.1 Å². The average molecular weight is 318 g/mol. The highest BCUT2D eigenvalue weighted by Gasteiger charge is 2.33. The average Bonchev–Trinajstić information content (AvgIpc) is 3.03. The number of carbonyl (C=O) groups excluding carboxylic acids is 1. The van der Waals surface area contributed by atoms with Crippen molar-refractivity contribution in [3.05, 3.63) is 18.2 Å². The zero-order chi connectivity index (χ0) is 16.1. The van der Waals surface area contributed by atoms with Gasteiger partial charge in [0.2, 0.25) is 5.91 Å². The molecule has 0 radical (unpaired) electrons. The maximum atomic E-state index is 12.2. The molecule has 2 aliphatic carbocycles. The third-order valence-electron chi connectivity index (χ3n) is 5.37. The van der Waals surface area contributed by atoms with Crippen molar-refractivity contribution in [1.29, 1.82) is 0 Å². The lowest BCUT2D eigenvalue weighted by atomic mass is 9.84. The Morgan fingerprint density at radius 1 is 1.22 bits per heavy atom. The Morgan fingerprint density at radius 2 is 2.00 bits per heavy atom. The van der Waals surface area contributed by atoms with Crippen molar-refractivity contribution in [1.82, 2.24) is 20.2 Å². The van der Waals surface area contributed by atoms with Gasteiger partial charge in [-0.1, -0.05) is 26.2 Å². The predicted molar refractivity (Wildman–Crippen MR) is 91.2 cm³/mol. The molecule has 128 valence electrons. The van der Waals surface area contributed by atoms with Crippen LogP contribution in [0.15, 0.2) is 12.4 Å². The molecule has 1 amide bonds. The molecular formula is C18H30N4O. The van der Waals surface area contributed by atoms with Gasteiger partial charge in [-0.3, -0.25) is 4.79 Å². The number of nitrogens with one attached hydrogen (secondary N) is 2. The summed E-state index contributed by atoms with van der Waals surface area (Å²) in [5.74, 6) is 1.22. The first-order chi connectivity index (χ1) is 11.3. The SMILES string of the molecule is CCc1nccn1CCC(=O)N[C@H]1CC[C@H]1NC1CCCCC1. The van der Waals surface area contributed by atoms with Crippen molar-refractivity contribution < 1.29 is 4.79 Å². The van der Waals surface area contributed by atoms with Gasteiger partial charge in [-0.2, -0.15) is 0 Å². The maximum absolute atomic E-state index is 12.2. The van der Waals surface area contributed by atoms with E-state index in [1.807, 2.05) is 12.4 Å². The lowest BCUT2D eigenvalue weighted by Gasteiger charge is -2.41. The van der Waals surface area contributed by atoms with E-state index < -0.39 is 0 Å². The number of hydrogen-bond acceptors (Lipinski definition) is 3. The van der Waals surface area contributed by atoms with Crippen LogP contribution in [0.25, 0.3) is 0 Å². The molecule has 0 saturated heterocycles. The Labute approximate surface area is 139 Å². The summed E-state index contributed by atoms with van der Waals surface area (Å²) < 4.78 is 2.08. The van der Waals surface area contributed by atoms with Gasteiger partial charge in [0.05, 0.1) is 0 Å². The second-order valence-corrected chi connectivity index (χ2v) is 7.00. The number of carbonyl (C=O) groups is 1. The first-order valence-electron chi connectivity index (χ1n) is 9.31. The van der Waals surface area contributed by atoms with E-state index in [1.54, 1.807) is 0 Å². The Kier molecular flexibility index (Phi) is 5.70. The van der Waals surface area contributed by atoms with Crippen LogP contribution < -0.4 is 10.6 Å². The number of rotatable bonds is 7. The molecule has 0 aliphatic heterocycles. The van der Waals surface area contributed by atoms with E-state index in [0.717, 1.165) is 25.2 Å². The van der Waals surface area contributed by atoms with Gasteiger partial charge < -0.3 is 15.2 Å². The molecule has 0 unspecified atom stereocenters. The van der Waals surface area contributed by atoms with Gasteiger partial charge in [-0.25, -0.2) is 4.98 Å². The van der Waals surface area contributed by atoms with Crippen LogP contribution in [0.4, 0.5) is 0 Å². The Bertz CT molecular complexity index is 507. The summed E-state index contributed by atoms with van der Waals surface area (Å²) in [6.45, 7) is 2.82. The van der Waals surface area contributed by atoms with E-state index in [2.05, 4.69) is 27.1 Å². The molecule has 2 N–H and O–H groups in total. The summed E-state index contributed by atoms with van der Waals surface area (Å²) in [5, 5.41) is 6.99. The fraction of sp³-hybridized carbons (Fsp3) is 0.778. The molecule has 23 heavy (non-hydrogen) atoms. The minimum absolute atomic E-state index is 0.167. The smallest absolute Gasteiger partial charge is 0.222 e. The number of imidazole rings is 1. The van der Waals surface area contributed by atoms with E-state index in [9.17, 15) is 4.79 Å². The molecule has 0 bridgehead atoms. The molecule has 5 nitrogen and oxygen atoms in total. The van der Waals surface area contributed by atoms with E-state index in [1.165, 1.54) is 38.5 Å². The fourth-order valence-corrected chi connectivity index (χ4v) is 3.80. The van der Waals surface area contributed by atoms with E-state index in [0.29, 0.717) is 24.5 Å². The van der Waals surface area contributed by atoms with Gasteiger partial charge in [-0.05, 0) is 25.7 Å². The highest BCUT2D eigenvalue weighted by Crippen LogP contribution is 2.24. The van der Waals surface area contributed by atoms with Gasteiger partial charge in [0.15, 0.2) is 0 Å². The van der Waals surface area contributed by atoms with Crippen LogP contribution in [0.5, 0.6) is 0 Å². The number of aryl methyl sites for hydroxylation is 2. The number of amides is 1. The van der Waals surface area contributed by atoms with Crippen molar-refractivity contribution >= 4 is 5.91 Å². The predicted octanol–water partition coefficient (Wildman–Crippen LogP) is 2.41. The number of nitrogens with zero attached hydrogens (tertiary/aromatic N) is 2. The molecule has 1 aromatic rings. The lowest BCUT2D eigenvalue weighted by molar-refractivity contribution is -0.122. The molecule has 2 saturated carbocycles. The van der Waals surface area contributed by atoms with Gasteiger partial charge in [0.1, 0.15) is 5.82 Å². The lowest BCUT2D eigenvalue weighted by Crippen LogP contribution is -2.59. The molecule has 2 atom stereocenters. The van der Waals surface area contributed by atoms with Crippen LogP contribution in [0.3, 0.4) is 0 Å². The van der Waals surface area contributed by atoms with Crippen molar-refractivity contribution in [2.24, 2.45) is 0 Å². The van der Waals surface area contributed by atoms with Gasteiger partial charge in [0.25, 0.3) is 0 Å². The standard InChI is InChI=1S/C18H30N4O/c1-2-17-19-11-13-22(17)12-10-18(23)21-16-9-8-15(16)20-14-6-4-3-5-7-14/h11,13-16,20H,2-10,12H2,1H3,(H,21,23)/t15-,16+/m1/s1. The molecule has 2 aliphatic rings. The molecule has 1 aromatic heterocycles. The summed E-state index contributed by atoms with van der Waals surface area (Å²) in [4.78, 5) is 16.5. The molecular weight excluding hydrogens is 288 g/mol. The summed E-state index contributed by atoms with van der Waals surface area (Å²) in [7, 11) is 0. The molecule has 0 aromatic carbocycles. The molecule has 3 rings (SSSR count). The Balaban J connectivity index is 1.39. The van der Waals surface area contributed by atoms with Gasteiger partial charge in [-0.15, -0.1) is 0 Å². The normalized spacial score (nSPS) is 25.1. The quantitative estimate of drug-likeness (QED) is 0.811. The van der Waals surface area contributed by atoms with E-state index in [-0.39, 0.29) is 5.91 Å². The third kappa shape index (κ3) is 4.34.